The number of aliphatic carboxylic acids is 3. The van der Waals surface area contributed by atoms with Gasteiger partial charge in [-0.3, -0.25) is 14.4 Å². The van der Waals surface area contributed by atoms with Gasteiger partial charge < -0.3 is 20.1 Å². The lowest BCUT2D eigenvalue weighted by Gasteiger charge is -2.65. The number of hydrogen-bond acceptors (Lipinski definition) is 5. The largest absolute Gasteiger partial charge is 0.481 e. The molecule has 0 atom stereocenters. The average molecular weight is 338 g/mol. The molecule has 0 radical (unpaired) electrons. The van der Waals surface area contributed by atoms with E-state index in [2.05, 4.69) is 6.58 Å². The highest BCUT2D eigenvalue weighted by atomic mass is 16.6. The van der Waals surface area contributed by atoms with E-state index in [1.807, 2.05) is 0 Å². The molecular weight excluding hydrogens is 320 g/mol. The summed E-state index contributed by atoms with van der Waals surface area (Å²) in [7, 11) is 0. The zero-order valence-electron chi connectivity index (χ0n) is 12.9. The first-order chi connectivity index (χ1) is 11.0. The van der Waals surface area contributed by atoms with Crippen molar-refractivity contribution in [3.63, 3.8) is 0 Å². The van der Waals surface area contributed by atoms with E-state index < -0.39 is 45.7 Å². The third-order valence-electron chi connectivity index (χ3n) is 5.86. The molecule has 0 aromatic carbocycles. The molecule has 0 heterocycles. The Bertz CT molecular complexity index is 595. The highest BCUT2D eigenvalue weighted by Gasteiger charge is 2.76. The van der Waals surface area contributed by atoms with Gasteiger partial charge >= 0.3 is 23.9 Å². The molecule has 0 saturated heterocycles. The van der Waals surface area contributed by atoms with Crippen LogP contribution in [0.3, 0.4) is 0 Å². The average Bonchev–Trinajstić information content (AvgIpc) is 2.44. The van der Waals surface area contributed by atoms with E-state index in [9.17, 15) is 34.5 Å². The molecule has 8 heteroatoms. The third-order valence-corrected chi connectivity index (χ3v) is 5.86. The normalized spacial score (nSPS) is 42.3. The molecule has 4 saturated carbocycles. The molecule has 0 spiro atoms. The Morgan fingerprint density at radius 1 is 0.750 bits per heavy atom. The molecule has 24 heavy (non-hydrogen) atoms. The van der Waals surface area contributed by atoms with Gasteiger partial charge in [0.05, 0.1) is 16.2 Å². The van der Waals surface area contributed by atoms with Crippen molar-refractivity contribution in [2.24, 2.45) is 16.2 Å². The molecule has 4 rings (SSSR count). The zero-order valence-corrected chi connectivity index (χ0v) is 12.9. The number of esters is 1. The number of rotatable bonds is 5. The topological polar surface area (TPSA) is 138 Å². The Morgan fingerprint density at radius 2 is 1.08 bits per heavy atom. The highest BCUT2D eigenvalue weighted by Crippen LogP contribution is 2.72. The molecule has 4 bridgehead atoms. The van der Waals surface area contributed by atoms with Crippen LogP contribution in [0.1, 0.15) is 38.5 Å². The van der Waals surface area contributed by atoms with Crippen LogP contribution in [0.15, 0.2) is 12.7 Å². The van der Waals surface area contributed by atoms with Gasteiger partial charge in [-0.1, -0.05) is 6.58 Å². The number of carbonyl (C=O) groups excluding carboxylic acids is 1. The van der Waals surface area contributed by atoms with E-state index in [-0.39, 0.29) is 38.5 Å². The first kappa shape index (κ1) is 16.5. The van der Waals surface area contributed by atoms with Gasteiger partial charge in [0.2, 0.25) is 0 Å². The molecule has 0 aliphatic heterocycles. The van der Waals surface area contributed by atoms with Crippen LogP contribution in [0.5, 0.6) is 0 Å². The maximum Gasteiger partial charge on any atom is 0.330 e. The zero-order chi connectivity index (χ0) is 18.0. The minimum Gasteiger partial charge on any atom is -0.481 e. The highest BCUT2D eigenvalue weighted by molar-refractivity contribution is 5.87. The lowest BCUT2D eigenvalue weighted by atomic mass is 9.38. The Kier molecular flexibility index (Phi) is 3.15. The quantitative estimate of drug-likeness (QED) is 0.499. The summed E-state index contributed by atoms with van der Waals surface area (Å²) in [6, 6.07) is 0. The van der Waals surface area contributed by atoms with Crippen LogP contribution in [0.2, 0.25) is 0 Å². The van der Waals surface area contributed by atoms with Crippen LogP contribution in [0.4, 0.5) is 0 Å². The molecular formula is C16H18O8. The first-order valence-corrected chi connectivity index (χ1v) is 7.59. The van der Waals surface area contributed by atoms with Crippen LogP contribution >= 0.6 is 0 Å². The lowest BCUT2D eigenvalue weighted by Crippen LogP contribution is -2.70. The molecule has 0 aromatic rings. The maximum absolute atomic E-state index is 11.9. The molecule has 8 nitrogen and oxygen atoms in total. The van der Waals surface area contributed by atoms with Crippen LogP contribution < -0.4 is 0 Å². The van der Waals surface area contributed by atoms with Crippen LogP contribution in [-0.4, -0.2) is 44.8 Å². The molecule has 3 N–H and O–H groups in total. The van der Waals surface area contributed by atoms with E-state index in [0.717, 1.165) is 6.08 Å². The van der Waals surface area contributed by atoms with Gasteiger partial charge in [-0.05, 0) is 19.3 Å². The van der Waals surface area contributed by atoms with E-state index in [1.54, 1.807) is 0 Å². The number of ether oxygens (including phenoxy) is 1. The summed E-state index contributed by atoms with van der Waals surface area (Å²) in [6.07, 6.45) is 0.261. The smallest absolute Gasteiger partial charge is 0.330 e. The van der Waals surface area contributed by atoms with E-state index in [0.29, 0.717) is 0 Å². The SMILES string of the molecule is C=CC(=O)OC12CC3(C(=O)O)CC(C(=O)O)(C1)CC(C(=O)O)(C2)C3. The summed E-state index contributed by atoms with van der Waals surface area (Å²) in [5.41, 5.74) is -5.97. The summed E-state index contributed by atoms with van der Waals surface area (Å²) in [5, 5.41) is 29.2. The van der Waals surface area contributed by atoms with Gasteiger partial charge in [-0.2, -0.15) is 0 Å². The van der Waals surface area contributed by atoms with Crippen LogP contribution in [0, 0.1) is 16.2 Å². The van der Waals surface area contributed by atoms with Gasteiger partial charge in [0.1, 0.15) is 5.60 Å². The van der Waals surface area contributed by atoms with Gasteiger partial charge in [-0.25, -0.2) is 4.79 Å². The molecule has 130 valence electrons. The van der Waals surface area contributed by atoms with Crippen molar-refractivity contribution in [3.05, 3.63) is 12.7 Å². The summed E-state index contributed by atoms with van der Waals surface area (Å²) in [5.74, 6) is -4.52. The van der Waals surface area contributed by atoms with Gasteiger partial charge in [0.25, 0.3) is 0 Å². The number of hydrogen-bond donors (Lipinski definition) is 3. The van der Waals surface area contributed by atoms with Crippen molar-refractivity contribution in [3.8, 4) is 0 Å². The fourth-order valence-corrected chi connectivity index (χ4v) is 5.59. The van der Waals surface area contributed by atoms with E-state index >= 15 is 0 Å². The summed E-state index contributed by atoms with van der Waals surface area (Å²) >= 11 is 0. The minimum atomic E-state index is -1.52. The maximum atomic E-state index is 11.9. The number of carbonyl (C=O) groups is 4. The Hall–Kier alpha value is -2.38. The second-order valence-electron chi connectivity index (χ2n) is 7.63. The summed E-state index contributed by atoms with van der Waals surface area (Å²) in [4.78, 5) is 47.5. The Morgan fingerprint density at radius 3 is 1.33 bits per heavy atom. The number of carboxylic acids is 3. The van der Waals surface area contributed by atoms with Gasteiger partial charge in [0, 0.05) is 25.3 Å². The number of carboxylic acid groups (broad SMARTS) is 3. The van der Waals surface area contributed by atoms with Crippen molar-refractivity contribution in [2.75, 3.05) is 0 Å². The van der Waals surface area contributed by atoms with Crippen molar-refractivity contribution in [2.45, 2.75) is 44.1 Å². The molecule has 0 amide bonds. The third kappa shape index (κ3) is 1.98. The molecule has 0 unspecified atom stereocenters. The molecule has 4 fully saturated rings. The summed E-state index contributed by atoms with van der Waals surface area (Å²) < 4.78 is 5.38. The van der Waals surface area contributed by atoms with Crippen LogP contribution in [-0.2, 0) is 23.9 Å². The van der Waals surface area contributed by atoms with Gasteiger partial charge in [0.15, 0.2) is 0 Å². The van der Waals surface area contributed by atoms with Crippen molar-refractivity contribution in [1.82, 2.24) is 0 Å². The van der Waals surface area contributed by atoms with E-state index in [1.165, 1.54) is 0 Å². The Balaban J connectivity index is 2.19. The minimum absolute atomic E-state index is 0.0705. The molecule has 4 aliphatic carbocycles. The molecule has 0 aromatic heterocycles. The second kappa shape index (κ2) is 4.58. The summed E-state index contributed by atoms with van der Waals surface area (Å²) in [6.45, 7) is 3.29. The predicted molar refractivity (Wildman–Crippen MR) is 76.9 cm³/mol. The van der Waals surface area contributed by atoms with Crippen molar-refractivity contribution < 1.29 is 39.2 Å². The van der Waals surface area contributed by atoms with Crippen LogP contribution in [0.25, 0.3) is 0 Å². The fraction of sp³-hybridized carbons (Fsp3) is 0.625. The molecule has 4 aliphatic rings. The monoisotopic (exact) mass is 338 g/mol. The van der Waals surface area contributed by atoms with E-state index in [4.69, 9.17) is 4.74 Å². The van der Waals surface area contributed by atoms with Crippen molar-refractivity contribution >= 4 is 23.9 Å². The predicted octanol–water partition coefficient (Wildman–Crippen LogP) is 1.05. The first-order valence-electron chi connectivity index (χ1n) is 7.59. The lowest BCUT2D eigenvalue weighted by molar-refractivity contribution is -0.250. The Labute approximate surface area is 137 Å². The van der Waals surface area contributed by atoms with Gasteiger partial charge in [-0.15, -0.1) is 0 Å². The second-order valence-corrected chi connectivity index (χ2v) is 7.63. The fourth-order valence-electron chi connectivity index (χ4n) is 5.59. The standard InChI is InChI=1S/C16H18O8/c1-2-9(17)24-16-6-13(10(18)19)3-14(7-16,11(20)21)5-15(4-13,8-16)12(22)23/h2H,1,3-8H2,(H,18,19)(H,20,21)(H,22,23). The van der Waals surface area contributed by atoms with Crippen molar-refractivity contribution in [1.29, 1.82) is 0 Å².